The number of nitrogens with zero attached hydrogens (tertiary/aromatic N) is 2. The maximum Gasteiger partial charge on any atom is 0.433 e. The number of H-pyrrole nitrogens is 1. The monoisotopic (exact) mass is 689 g/mol. The molecule has 15 heteroatoms. The zero-order chi connectivity index (χ0) is 33.8. The van der Waals surface area contributed by atoms with Crippen LogP contribution in [0.15, 0.2) is 96.0 Å². The number of hydrogen-bond donors (Lipinski definition) is 2. The van der Waals surface area contributed by atoms with E-state index in [0.29, 0.717) is 11.1 Å². The molecule has 0 fully saturated rings. The van der Waals surface area contributed by atoms with Crippen LogP contribution in [0.1, 0.15) is 28.0 Å². The Morgan fingerprint density at radius 3 is 2.26 bits per heavy atom. The summed E-state index contributed by atoms with van der Waals surface area (Å²) in [6.45, 7) is 0. The molecule has 0 bridgehead atoms. The van der Waals surface area contributed by atoms with E-state index in [1.54, 1.807) is 6.07 Å². The molecule has 0 aliphatic carbocycles. The Labute approximate surface area is 266 Å². The number of aromatic amines is 1. The van der Waals surface area contributed by atoms with Crippen molar-refractivity contribution in [3.05, 3.63) is 119 Å². The second-order valence-electron chi connectivity index (χ2n) is 10.3. The summed E-state index contributed by atoms with van der Waals surface area (Å²) < 4.78 is 113. The molecule has 2 heterocycles. The average Bonchev–Trinajstić information content (AvgIpc) is 3.64. The number of fused-ring (bicyclic) bond motifs is 1. The number of alkyl halides is 5. The van der Waals surface area contributed by atoms with E-state index in [1.807, 2.05) is 5.10 Å². The molecule has 2 aromatic heterocycles. The zero-order valence-corrected chi connectivity index (χ0v) is 24.9. The van der Waals surface area contributed by atoms with E-state index in [4.69, 9.17) is 11.6 Å². The molecule has 6 aromatic rings. The van der Waals surface area contributed by atoms with Crippen molar-refractivity contribution in [3.63, 3.8) is 0 Å². The second kappa shape index (κ2) is 11.6. The lowest BCUT2D eigenvalue weighted by Gasteiger charge is -2.16. The van der Waals surface area contributed by atoms with Crippen molar-refractivity contribution in [3.8, 4) is 33.5 Å². The Bertz CT molecular complexity index is 2300. The van der Waals surface area contributed by atoms with Gasteiger partial charge < -0.3 is 5.11 Å². The highest BCUT2D eigenvalue weighted by Crippen LogP contribution is 2.47. The van der Waals surface area contributed by atoms with Crippen LogP contribution in [0.2, 0.25) is 5.02 Å². The Morgan fingerprint density at radius 1 is 0.915 bits per heavy atom. The smallest absolute Gasteiger partial charge is 0.433 e. The molecule has 47 heavy (non-hydrogen) atoms. The maximum absolute atomic E-state index is 14.8. The molecule has 0 aliphatic rings. The molecule has 240 valence electrons. The molecule has 0 saturated carbocycles. The van der Waals surface area contributed by atoms with Crippen LogP contribution in [0.5, 0.6) is 0 Å². The molecular weight excluding hydrogens is 672 g/mol. The third kappa shape index (κ3) is 5.63. The predicted octanol–water partition coefficient (Wildman–Crippen LogP) is 9.05. The largest absolute Gasteiger partial charge is 0.478 e. The minimum atomic E-state index is -4.99. The Morgan fingerprint density at radius 2 is 1.62 bits per heavy atom. The van der Waals surface area contributed by atoms with E-state index in [9.17, 15) is 44.7 Å². The topological polar surface area (TPSA) is 105 Å². The summed E-state index contributed by atoms with van der Waals surface area (Å²) in [4.78, 5) is 11.0. The summed E-state index contributed by atoms with van der Waals surface area (Å²) in [5, 5.41) is 14.6. The zero-order valence-electron chi connectivity index (χ0n) is 23.4. The van der Waals surface area contributed by atoms with E-state index < -0.39 is 56.1 Å². The van der Waals surface area contributed by atoms with Gasteiger partial charge in [-0.3, -0.25) is 5.10 Å². The molecule has 0 spiro atoms. The summed E-state index contributed by atoms with van der Waals surface area (Å²) in [5.74, 6) is -2.11. The van der Waals surface area contributed by atoms with E-state index >= 15 is 0 Å². The van der Waals surface area contributed by atoms with Crippen LogP contribution in [0.25, 0.3) is 44.4 Å². The molecule has 7 nitrogen and oxygen atoms in total. The van der Waals surface area contributed by atoms with Crippen LogP contribution in [0, 0.1) is 5.82 Å². The second-order valence-corrected chi connectivity index (χ2v) is 12.5. The van der Waals surface area contributed by atoms with E-state index in [1.165, 1.54) is 36.4 Å². The third-order valence-electron chi connectivity index (χ3n) is 7.41. The van der Waals surface area contributed by atoms with Gasteiger partial charge in [0.05, 0.1) is 27.9 Å². The van der Waals surface area contributed by atoms with Gasteiger partial charge in [-0.15, -0.1) is 0 Å². The molecule has 0 amide bonds. The van der Waals surface area contributed by atoms with Gasteiger partial charge in [0.15, 0.2) is 0 Å². The maximum atomic E-state index is 14.8. The third-order valence-corrected chi connectivity index (χ3v) is 9.45. The first-order chi connectivity index (χ1) is 22.2. The molecule has 2 N–H and O–H groups in total. The van der Waals surface area contributed by atoms with Gasteiger partial charge in [0, 0.05) is 38.2 Å². The number of rotatable bonds is 7. The fraction of sp³-hybridized carbons (Fsp3) is 0.0625. The number of nitrogens with one attached hydrogen (secondary N) is 1. The average molecular weight is 690 g/mol. The number of aromatic nitrogens is 3. The lowest BCUT2D eigenvalue weighted by Crippen LogP contribution is -2.14. The van der Waals surface area contributed by atoms with Crippen LogP contribution in [0.4, 0.5) is 26.3 Å². The quantitative estimate of drug-likeness (QED) is 0.163. The van der Waals surface area contributed by atoms with Crippen molar-refractivity contribution < 1.29 is 44.7 Å². The summed E-state index contributed by atoms with van der Waals surface area (Å²) in [6, 6.07) is 16.4. The molecule has 0 saturated heterocycles. The molecule has 0 atom stereocenters. The number of aromatic carboxylic acids is 1. The first-order valence-corrected chi connectivity index (χ1v) is 15.2. The lowest BCUT2D eigenvalue weighted by molar-refractivity contribution is -0.140. The summed E-state index contributed by atoms with van der Waals surface area (Å²) >= 11 is 6.39. The van der Waals surface area contributed by atoms with Gasteiger partial charge in [0.25, 0.3) is 16.4 Å². The number of benzene rings is 4. The van der Waals surface area contributed by atoms with Gasteiger partial charge in [-0.05, 0) is 54.1 Å². The highest BCUT2D eigenvalue weighted by Gasteiger charge is 2.39. The fourth-order valence-corrected chi connectivity index (χ4v) is 7.15. The van der Waals surface area contributed by atoms with Crippen LogP contribution in [0.3, 0.4) is 0 Å². The highest BCUT2D eigenvalue weighted by molar-refractivity contribution is 7.90. The summed E-state index contributed by atoms with van der Waals surface area (Å²) in [7, 11) is -4.77. The fourth-order valence-electron chi connectivity index (χ4n) is 5.32. The van der Waals surface area contributed by atoms with Crippen LogP contribution in [-0.2, 0) is 16.2 Å². The van der Waals surface area contributed by atoms with Gasteiger partial charge in [0.1, 0.15) is 11.5 Å². The van der Waals surface area contributed by atoms with Gasteiger partial charge in [0.2, 0.25) is 0 Å². The Balaban J connectivity index is 1.72. The molecule has 0 aliphatic heterocycles. The van der Waals surface area contributed by atoms with Crippen LogP contribution in [-0.4, -0.2) is 33.7 Å². The van der Waals surface area contributed by atoms with Crippen molar-refractivity contribution >= 4 is 38.5 Å². The highest BCUT2D eigenvalue weighted by atomic mass is 35.5. The standard InChI is InChI=1S/C32H18ClF6N3O4S/c33-25-13-19(31(43)44)6-10-22(25)17-2-1-3-18(12-17)28-27(24-15-40-41-29(24)32(37,38)39)23-14-20(34)7-11-26(23)42(28)47(45,46)21-8-4-16(5-9-21)30(35)36/h1-15,30H,(H,40,41)(H,43,44). The lowest BCUT2D eigenvalue weighted by atomic mass is 9.96. The summed E-state index contributed by atoms with van der Waals surface area (Å²) in [5.41, 5.74) is -2.66. The Hall–Kier alpha value is -5.08. The van der Waals surface area contributed by atoms with Gasteiger partial charge in [-0.1, -0.05) is 48.0 Å². The number of carbonyl (C=O) groups is 1. The summed E-state index contributed by atoms with van der Waals surface area (Å²) in [6.07, 6.45) is -7.05. The minimum Gasteiger partial charge on any atom is -0.478 e. The number of hydrogen-bond acceptors (Lipinski definition) is 4. The predicted molar refractivity (Wildman–Crippen MR) is 161 cm³/mol. The molecule has 0 radical (unpaired) electrons. The van der Waals surface area contributed by atoms with Crippen molar-refractivity contribution in [1.82, 2.24) is 14.2 Å². The normalized spacial score (nSPS) is 12.3. The molecular formula is C32H18ClF6N3O4S. The number of carboxylic acid groups (broad SMARTS) is 1. The first kappa shape index (κ1) is 31.9. The Kier molecular flexibility index (Phi) is 7.88. The first-order valence-electron chi connectivity index (χ1n) is 13.4. The molecule has 0 unspecified atom stereocenters. The molecule has 6 rings (SSSR count). The van der Waals surface area contributed by atoms with Crippen molar-refractivity contribution in [2.75, 3.05) is 0 Å². The van der Waals surface area contributed by atoms with Crippen molar-refractivity contribution in [2.24, 2.45) is 0 Å². The minimum absolute atomic E-state index is 0.0193. The van der Waals surface area contributed by atoms with E-state index in [2.05, 4.69) is 5.10 Å². The number of halogens is 7. The molecule has 4 aromatic carbocycles. The van der Waals surface area contributed by atoms with Gasteiger partial charge in [-0.25, -0.2) is 30.4 Å². The van der Waals surface area contributed by atoms with Crippen LogP contribution < -0.4 is 0 Å². The van der Waals surface area contributed by atoms with Crippen LogP contribution >= 0.6 is 11.6 Å². The van der Waals surface area contributed by atoms with Gasteiger partial charge in [-0.2, -0.15) is 18.3 Å². The number of carboxylic acids is 1. The van der Waals surface area contributed by atoms with Gasteiger partial charge >= 0.3 is 12.1 Å². The van der Waals surface area contributed by atoms with Crippen molar-refractivity contribution in [1.29, 1.82) is 0 Å². The SMILES string of the molecule is O=C(O)c1ccc(-c2cccc(-c3c(-c4cn[nH]c4C(F)(F)F)c4cc(F)ccc4n3S(=O)(=O)c3ccc(C(F)F)cc3)c2)c(Cl)c1. The van der Waals surface area contributed by atoms with E-state index in [-0.39, 0.29) is 38.3 Å². The van der Waals surface area contributed by atoms with Crippen molar-refractivity contribution in [2.45, 2.75) is 17.5 Å². The van der Waals surface area contributed by atoms with E-state index in [0.717, 1.165) is 52.6 Å².